The van der Waals surface area contributed by atoms with Crippen LogP contribution in [0.15, 0.2) is 176 Å². The molecule has 386 valence electrons. The summed E-state index contributed by atoms with van der Waals surface area (Å²) in [6.45, 7) is 10.1. The average molecular weight is 1020 g/mol. The second-order valence-electron chi connectivity index (χ2n) is 19.2. The van der Waals surface area contributed by atoms with Crippen LogP contribution in [0.5, 0.6) is 5.75 Å². The van der Waals surface area contributed by atoms with Crippen LogP contribution in [0, 0.1) is 0 Å². The van der Waals surface area contributed by atoms with E-state index in [4.69, 9.17) is 14.2 Å². The van der Waals surface area contributed by atoms with Crippen LogP contribution in [0.4, 0.5) is 25.8 Å². The molecule has 74 heavy (non-hydrogen) atoms. The number of thioether (sulfide) groups is 1. The third-order valence-electron chi connectivity index (χ3n) is 11.0. The highest BCUT2D eigenvalue weighted by atomic mass is 32.2. The van der Waals surface area contributed by atoms with Gasteiger partial charge in [-0.2, -0.15) is 0 Å². The lowest BCUT2D eigenvalue weighted by Gasteiger charge is -2.36. The lowest BCUT2D eigenvalue weighted by atomic mass is 9.84. The van der Waals surface area contributed by atoms with Gasteiger partial charge in [0.2, 0.25) is 17.7 Å². The van der Waals surface area contributed by atoms with E-state index in [1.165, 1.54) is 23.9 Å². The molecule has 0 unspecified atom stereocenters. The Hall–Kier alpha value is -8.11. The van der Waals surface area contributed by atoms with E-state index in [-0.39, 0.29) is 30.9 Å². The number of carbonyl (C=O) groups is 6. The Balaban J connectivity index is 1.17. The molecule has 0 saturated heterocycles. The van der Waals surface area contributed by atoms with Crippen LogP contribution in [0.2, 0.25) is 0 Å². The number of ether oxygens (including phenoxy) is 3. The van der Waals surface area contributed by atoms with Crippen molar-refractivity contribution < 1.29 is 43.0 Å². The van der Waals surface area contributed by atoms with Gasteiger partial charge in [0, 0.05) is 30.1 Å². The first-order chi connectivity index (χ1) is 35.4. The van der Waals surface area contributed by atoms with Crippen molar-refractivity contribution in [3.63, 3.8) is 0 Å². The van der Waals surface area contributed by atoms with Crippen molar-refractivity contribution in [1.29, 1.82) is 0 Å². The van der Waals surface area contributed by atoms with Crippen LogP contribution in [0.3, 0.4) is 0 Å². The molecule has 0 aromatic heterocycles. The van der Waals surface area contributed by atoms with Crippen LogP contribution < -0.4 is 36.6 Å². The minimum Gasteiger partial charge on any atom is -0.444 e. The Bertz CT molecular complexity index is 2680. The summed E-state index contributed by atoms with van der Waals surface area (Å²) in [7, 11) is 0. The molecule has 0 aliphatic carbocycles. The van der Waals surface area contributed by atoms with Gasteiger partial charge in [-0.05, 0) is 107 Å². The second kappa shape index (κ2) is 26.0. The number of para-hydroxylation sites is 2. The van der Waals surface area contributed by atoms with E-state index in [0.29, 0.717) is 16.9 Å². The molecule has 0 bridgehead atoms. The number of alkyl carbamates (subject to hydrolysis) is 2. The summed E-state index contributed by atoms with van der Waals surface area (Å²) in [6, 6.07) is 50.5. The van der Waals surface area contributed by atoms with E-state index in [1.807, 2.05) is 103 Å². The van der Waals surface area contributed by atoms with E-state index >= 15 is 0 Å². The molecule has 0 spiro atoms. The first-order valence-electron chi connectivity index (χ1n) is 24.2. The van der Waals surface area contributed by atoms with E-state index in [2.05, 4.69) is 31.9 Å². The Labute approximate surface area is 436 Å². The second-order valence-corrected chi connectivity index (χ2v) is 20.4. The van der Waals surface area contributed by atoms with Crippen molar-refractivity contribution in [2.24, 2.45) is 0 Å². The number of carbonyl (C=O) groups excluding carboxylic acids is 6. The highest BCUT2D eigenvalue weighted by Crippen LogP contribution is 2.48. The molecule has 6 aromatic carbocycles. The highest BCUT2D eigenvalue weighted by molar-refractivity contribution is 8.00. The fourth-order valence-corrected chi connectivity index (χ4v) is 9.26. The zero-order valence-corrected chi connectivity index (χ0v) is 43.2. The van der Waals surface area contributed by atoms with Gasteiger partial charge in [-0.15, -0.1) is 11.8 Å². The quantitative estimate of drug-likeness (QED) is 0.0400. The maximum atomic E-state index is 14.5. The Kier molecular flexibility index (Phi) is 19.4. The summed E-state index contributed by atoms with van der Waals surface area (Å²) < 4.78 is 15.7. The molecule has 0 fully saturated rings. The third-order valence-corrected chi connectivity index (χ3v) is 12.7. The Morgan fingerprint density at radius 3 is 1.30 bits per heavy atom. The molecule has 6 rings (SSSR count). The summed E-state index contributed by atoms with van der Waals surface area (Å²) in [4.78, 5) is 81.5. The molecule has 3 atom stereocenters. The van der Waals surface area contributed by atoms with Crippen molar-refractivity contribution in [1.82, 2.24) is 21.3 Å². The predicted molar refractivity (Wildman–Crippen MR) is 289 cm³/mol. The summed E-state index contributed by atoms with van der Waals surface area (Å²) in [6.07, 6.45) is -2.53. The SMILES string of the molecule is CC(C)(C)OC(=O)N[C@@H](Cc1ccc(OC(=O)NCC[C@H](NC(=O)OC(C)(C)C)C(=O)N[C@@H](CSC(c2ccccc2)(c2ccccc2)c2ccccc2)C(=O)Nc2ccccc2)cc1)C(=O)Nc1ccccc1. The lowest BCUT2D eigenvalue weighted by Crippen LogP contribution is -2.55. The normalized spacial score (nSPS) is 12.6. The van der Waals surface area contributed by atoms with E-state index in [9.17, 15) is 28.8 Å². The maximum Gasteiger partial charge on any atom is 0.412 e. The number of nitrogens with one attached hydrogen (secondary N) is 6. The van der Waals surface area contributed by atoms with Crippen molar-refractivity contribution in [3.05, 3.63) is 198 Å². The van der Waals surface area contributed by atoms with Gasteiger partial charge in [0.1, 0.15) is 35.1 Å². The fraction of sp³-hybridized carbons (Fsp3) is 0.276. The lowest BCUT2D eigenvalue weighted by molar-refractivity contribution is -0.127. The van der Waals surface area contributed by atoms with Gasteiger partial charge in [0.15, 0.2) is 0 Å². The third kappa shape index (κ3) is 17.0. The van der Waals surface area contributed by atoms with E-state index in [0.717, 1.165) is 16.7 Å². The minimum absolute atomic E-state index is 0.0768. The smallest absolute Gasteiger partial charge is 0.412 e. The number of rotatable bonds is 20. The zero-order chi connectivity index (χ0) is 53.1. The fourth-order valence-electron chi connectivity index (χ4n) is 7.70. The summed E-state index contributed by atoms with van der Waals surface area (Å²) in [5.41, 5.74) is 2.89. The van der Waals surface area contributed by atoms with Crippen molar-refractivity contribution >= 4 is 59.1 Å². The Morgan fingerprint density at radius 1 is 0.459 bits per heavy atom. The topological polar surface area (TPSA) is 202 Å². The van der Waals surface area contributed by atoms with Crippen LogP contribution in [0.25, 0.3) is 0 Å². The number of hydrogen-bond donors (Lipinski definition) is 6. The molecular weight excluding hydrogens is 957 g/mol. The van der Waals surface area contributed by atoms with Crippen LogP contribution in [-0.2, 0) is 35.0 Å². The van der Waals surface area contributed by atoms with E-state index in [1.54, 1.807) is 102 Å². The molecule has 15 nitrogen and oxygen atoms in total. The van der Waals surface area contributed by atoms with Gasteiger partial charge in [0.25, 0.3) is 0 Å². The largest absolute Gasteiger partial charge is 0.444 e. The molecule has 0 radical (unpaired) electrons. The molecule has 0 saturated carbocycles. The Morgan fingerprint density at radius 2 is 0.865 bits per heavy atom. The predicted octanol–water partition coefficient (Wildman–Crippen LogP) is 9.98. The van der Waals surface area contributed by atoms with E-state index < -0.39 is 70.1 Å². The van der Waals surface area contributed by atoms with Crippen molar-refractivity contribution in [2.45, 2.75) is 88.5 Å². The molecule has 16 heteroatoms. The molecule has 6 amide bonds. The summed E-state index contributed by atoms with van der Waals surface area (Å²) in [5, 5.41) is 16.6. The van der Waals surface area contributed by atoms with Crippen molar-refractivity contribution in [2.75, 3.05) is 22.9 Å². The number of anilines is 2. The zero-order valence-electron chi connectivity index (χ0n) is 42.4. The van der Waals surface area contributed by atoms with Crippen molar-refractivity contribution in [3.8, 4) is 5.75 Å². The monoisotopic (exact) mass is 1020 g/mol. The van der Waals surface area contributed by atoms with Gasteiger partial charge in [-0.25, -0.2) is 14.4 Å². The molecular formula is C58H64N6O9S. The minimum atomic E-state index is -1.29. The molecule has 6 N–H and O–H groups in total. The molecule has 0 aliphatic heterocycles. The average Bonchev–Trinajstić information content (AvgIpc) is 3.36. The molecule has 0 heterocycles. The van der Waals surface area contributed by atoms with Crippen LogP contribution in [-0.4, -0.2) is 77.6 Å². The molecule has 6 aromatic rings. The first-order valence-corrected chi connectivity index (χ1v) is 25.2. The number of benzene rings is 6. The van der Waals surface area contributed by atoms with Crippen LogP contribution in [0.1, 0.15) is 70.2 Å². The van der Waals surface area contributed by atoms with Gasteiger partial charge >= 0.3 is 18.3 Å². The van der Waals surface area contributed by atoms with Gasteiger partial charge in [-0.1, -0.05) is 140 Å². The first kappa shape index (κ1) is 55.2. The maximum absolute atomic E-state index is 14.5. The number of hydrogen-bond acceptors (Lipinski definition) is 10. The number of amides is 6. The van der Waals surface area contributed by atoms with Gasteiger partial charge in [0.05, 0.1) is 4.75 Å². The highest BCUT2D eigenvalue weighted by Gasteiger charge is 2.39. The van der Waals surface area contributed by atoms with Gasteiger partial charge < -0.3 is 46.1 Å². The van der Waals surface area contributed by atoms with Gasteiger partial charge in [-0.3, -0.25) is 14.4 Å². The van der Waals surface area contributed by atoms with Crippen LogP contribution >= 0.6 is 11.8 Å². The summed E-state index contributed by atoms with van der Waals surface area (Å²) >= 11 is 1.48. The standard InChI is InChI=1S/C58H64N6O9S/c1-56(2,3)72-54(69)63-47(36-37-59-53(68)71-46-34-32-40(33-35-46)38-48(64-55(70)73-57(4,5)6)51(66)60-44-28-18-10-19-29-44)50(65)62-49(52(67)61-45-30-20-11-21-31-45)39-74-58(41-22-12-7-13-23-41,42-24-14-8-15-25-42)43-26-16-9-17-27-43/h7-35,47-49H,36-39H2,1-6H3,(H,59,68)(H,60,66)(H,61,67)(H,62,65)(H,63,69)(H,64,70)/t47-,48-,49-/m0/s1. The summed E-state index contributed by atoms with van der Waals surface area (Å²) in [5.74, 6) is -1.41. The molecule has 0 aliphatic rings.